The van der Waals surface area contributed by atoms with Crippen LogP contribution in [0, 0.1) is 6.92 Å². The molecule has 2 rings (SSSR count). The molecule has 7 heteroatoms. The van der Waals surface area contributed by atoms with Gasteiger partial charge in [0.05, 0.1) is 4.90 Å². The van der Waals surface area contributed by atoms with Crippen molar-refractivity contribution in [1.82, 2.24) is 4.72 Å². The zero-order valence-corrected chi connectivity index (χ0v) is 14.2. The van der Waals surface area contributed by atoms with Crippen molar-refractivity contribution >= 4 is 27.5 Å². The number of ether oxygens (including phenoxy) is 1. The third-order valence-electron chi connectivity index (χ3n) is 3.06. The molecule has 0 saturated carbocycles. The van der Waals surface area contributed by atoms with Gasteiger partial charge in [0.1, 0.15) is 5.75 Å². The fourth-order valence-corrected chi connectivity index (χ4v) is 2.93. The molecule has 1 amide bonds. The van der Waals surface area contributed by atoms with E-state index in [2.05, 4.69) is 0 Å². The van der Waals surface area contributed by atoms with Gasteiger partial charge in [-0.15, -0.1) is 0 Å². The van der Waals surface area contributed by atoms with Crippen LogP contribution in [-0.2, 0) is 14.8 Å². The molecule has 5 nitrogen and oxygen atoms in total. The zero-order valence-electron chi connectivity index (χ0n) is 12.6. The molecule has 0 spiro atoms. The first-order valence-electron chi connectivity index (χ1n) is 6.83. The maximum atomic E-state index is 12.2. The molecule has 0 fully saturated rings. The minimum atomic E-state index is -3.92. The number of carbonyl (C=O) groups is 1. The molecular formula is C16H16ClNO4S. The SMILES string of the molecule is Cc1ccc(S(=O)(=O)NC(=O)C(C)Oc2ccc(Cl)cc2)cc1. The van der Waals surface area contributed by atoms with Gasteiger partial charge in [-0.3, -0.25) is 4.79 Å². The number of hydrogen-bond acceptors (Lipinski definition) is 4. The summed E-state index contributed by atoms with van der Waals surface area (Å²) >= 11 is 5.76. The lowest BCUT2D eigenvalue weighted by Gasteiger charge is -2.15. The van der Waals surface area contributed by atoms with E-state index in [4.69, 9.17) is 16.3 Å². The van der Waals surface area contributed by atoms with Crippen molar-refractivity contribution in [2.75, 3.05) is 0 Å². The molecular weight excluding hydrogens is 338 g/mol. The van der Waals surface area contributed by atoms with Gasteiger partial charge < -0.3 is 4.74 Å². The first-order chi connectivity index (χ1) is 10.8. The van der Waals surface area contributed by atoms with Gasteiger partial charge in [-0.2, -0.15) is 0 Å². The Morgan fingerprint density at radius 2 is 1.65 bits per heavy atom. The Morgan fingerprint density at radius 1 is 1.09 bits per heavy atom. The Balaban J connectivity index is 2.05. The molecule has 23 heavy (non-hydrogen) atoms. The van der Waals surface area contributed by atoms with Gasteiger partial charge in [0.2, 0.25) is 0 Å². The Morgan fingerprint density at radius 3 is 2.22 bits per heavy atom. The van der Waals surface area contributed by atoms with E-state index in [1.54, 1.807) is 36.4 Å². The molecule has 1 N–H and O–H groups in total. The van der Waals surface area contributed by atoms with Gasteiger partial charge in [-0.05, 0) is 50.2 Å². The normalized spacial score (nSPS) is 12.5. The van der Waals surface area contributed by atoms with Crippen LogP contribution in [0.5, 0.6) is 5.75 Å². The molecule has 0 saturated heterocycles. The molecule has 0 aliphatic carbocycles. The molecule has 2 aromatic rings. The van der Waals surface area contributed by atoms with E-state index < -0.39 is 22.0 Å². The molecule has 1 unspecified atom stereocenters. The van der Waals surface area contributed by atoms with Crippen LogP contribution < -0.4 is 9.46 Å². The largest absolute Gasteiger partial charge is 0.481 e. The lowest BCUT2D eigenvalue weighted by atomic mass is 10.2. The molecule has 2 aromatic carbocycles. The van der Waals surface area contributed by atoms with Crippen molar-refractivity contribution in [3.05, 3.63) is 59.1 Å². The van der Waals surface area contributed by atoms with E-state index in [9.17, 15) is 13.2 Å². The molecule has 0 aromatic heterocycles. The summed E-state index contributed by atoms with van der Waals surface area (Å²) in [6.07, 6.45) is -0.976. The predicted molar refractivity (Wildman–Crippen MR) is 88.0 cm³/mol. The summed E-state index contributed by atoms with van der Waals surface area (Å²) in [6.45, 7) is 3.31. The topological polar surface area (TPSA) is 72.5 Å². The van der Waals surface area contributed by atoms with Crippen molar-refractivity contribution in [2.45, 2.75) is 24.8 Å². The molecule has 1 atom stereocenters. The van der Waals surface area contributed by atoms with E-state index in [0.717, 1.165) is 5.56 Å². The second-order valence-corrected chi connectivity index (χ2v) is 7.12. The quantitative estimate of drug-likeness (QED) is 0.897. The average Bonchev–Trinajstić information content (AvgIpc) is 2.49. The number of hydrogen-bond donors (Lipinski definition) is 1. The minimum absolute atomic E-state index is 0.0233. The zero-order chi connectivity index (χ0) is 17.0. The molecule has 0 radical (unpaired) electrons. The smallest absolute Gasteiger partial charge is 0.274 e. The second-order valence-electron chi connectivity index (χ2n) is 5.00. The van der Waals surface area contributed by atoms with E-state index in [-0.39, 0.29) is 4.90 Å². The fraction of sp³-hybridized carbons (Fsp3) is 0.188. The van der Waals surface area contributed by atoms with E-state index >= 15 is 0 Å². The number of halogens is 1. The van der Waals surface area contributed by atoms with Gasteiger partial charge in [-0.25, -0.2) is 13.1 Å². The molecule has 0 aliphatic heterocycles. The highest BCUT2D eigenvalue weighted by Crippen LogP contribution is 2.17. The number of sulfonamides is 1. The van der Waals surface area contributed by atoms with Crippen molar-refractivity contribution in [3.63, 3.8) is 0 Å². The van der Waals surface area contributed by atoms with Gasteiger partial charge in [0, 0.05) is 5.02 Å². The van der Waals surface area contributed by atoms with Gasteiger partial charge in [-0.1, -0.05) is 29.3 Å². The molecule has 0 bridgehead atoms. The van der Waals surface area contributed by atoms with Gasteiger partial charge >= 0.3 is 0 Å². The van der Waals surface area contributed by atoms with Crippen molar-refractivity contribution in [3.8, 4) is 5.75 Å². The maximum Gasteiger partial charge on any atom is 0.274 e. The summed E-state index contributed by atoms with van der Waals surface area (Å²) in [7, 11) is -3.92. The molecule has 0 aliphatic rings. The molecule has 0 heterocycles. The Bertz CT molecular complexity index is 786. The number of carbonyl (C=O) groups excluding carboxylic acids is 1. The summed E-state index contributed by atoms with van der Waals surface area (Å²) in [5.74, 6) is -0.328. The Labute approximate surface area is 140 Å². The third kappa shape index (κ3) is 4.71. The van der Waals surface area contributed by atoms with Crippen LogP contribution >= 0.6 is 11.6 Å². The first kappa shape index (κ1) is 17.3. The number of amides is 1. The van der Waals surface area contributed by atoms with Crippen molar-refractivity contribution < 1.29 is 17.9 Å². The van der Waals surface area contributed by atoms with E-state index in [1.165, 1.54) is 19.1 Å². The van der Waals surface area contributed by atoms with Crippen molar-refractivity contribution in [1.29, 1.82) is 0 Å². The van der Waals surface area contributed by atoms with E-state index in [0.29, 0.717) is 10.8 Å². The van der Waals surface area contributed by atoms with Crippen LogP contribution in [-0.4, -0.2) is 20.4 Å². The van der Waals surface area contributed by atoms with Gasteiger partial charge in [0.15, 0.2) is 6.10 Å². The lowest BCUT2D eigenvalue weighted by Crippen LogP contribution is -2.39. The predicted octanol–water partition coefficient (Wildman–Crippen LogP) is 2.92. The van der Waals surface area contributed by atoms with Gasteiger partial charge in [0.25, 0.3) is 15.9 Å². The minimum Gasteiger partial charge on any atom is -0.481 e. The monoisotopic (exact) mass is 353 g/mol. The number of aryl methyl sites for hydroxylation is 1. The highest BCUT2D eigenvalue weighted by molar-refractivity contribution is 7.90. The standard InChI is InChI=1S/C16H16ClNO4S/c1-11-3-9-15(10-4-11)23(20,21)18-16(19)12(2)22-14-7-5-13(17)6-8-14/h3-10,12H,1-2H3,(H,18,19). The van der Waals surface area contributed by atoms with Crippen LogP contribution in [0.1, 0.15) is 12.5 Å². The van der Waals surface area contributed by atoms with Crippen LogP contribution in [0.25, 0.3) is 0 Å². The maximum absolute atomic E-state index is 12.2. The highest BCUT2D eigenvalue weighted by Gasteiger charge is 2.22. The number of rotatable bonds is 5. The summed E-state index contributed by atoms with van der Waals surface area (Å²) in [6, 6.07) is 12.6. The summed E-state index contributed by atoms with van der Waals surface area (Å²) in [5, 5.41) is 0.538. The number of benzene rings is 2. The van der Waals surface area contributed by atoms with Crippen LogP contribution in [0.15, 0.2) is 53.4 Å². The number of nitrogens with one attached hydrogen (secondary N) is 1. The average molecular weight is 354 g/mol. The summed E-state index contributed by atoms with van der Waals surface area (Å²) < 4.78 is 31.7. The second kappa shape index (κ2) is 7.02. The summed E-state index contributed by atoms with van der Waals surface area (Å²) in [4.78, 5) is 12.1. The van der Waals surface area contributed by atoms with Crippen LogP contribution in [0.4, 0.5) is 0 Å². The lowest BCUT2D eigenvalue weighted by molar-refractivity contribution is -0.125. The first-order valence-corrected chi connectivity index (χ1v) is 8.69. The molecule has 122 valence electrons. The van der Waals surface area contributed by atoms with Crippen LogP contribution in [0.3, 0.4) is 0 Å². The highest BCUT2D eigenvalue weighted by atomic mass is 35.5. The Kier molecular flexibility index (Phi) is 5.28. The summed E-state index contributed by atoms with van der Waals surface area (Å²) in [5.41, 5.74) is 0.926. The van der Waals surface area contributed by atoms with Crippen LogP contribution in [0.2, 0.25) is 5.02 Å². The van der Waals surface area contributed by atoms with Crippen molar-refractivity contribution in [2.24, 2.45) is 0 Å². The third-order valence-corrected chi connectivity index (χ3v) is 4.68. The fourth-order valence-electron chi connectivity index (χ4n) is 1.76. The Hall–Kier alpha value is -2.05. The van der Waals surface area contributed by atoms with E-state index in [1.807, 2.05) is 11.6 Å².